The number of benzene rings is 1. The predicted molar refractivity (Wildman–Crippen MR) is 68.4 cm³/mol. The van der Waals surface area contributed by atoms with E-state index in [0.29, 0.717) is 13.2 Å². The van der Waals surface area contributed by atoms with E-state index in [-0.39, 0.29) is 6.10 Å². The Morgan fingerprint density at radius 3 is 3.06 bits per heavy atom. The minimum absolute atomic E-state index is 0.266. The summed E-state index contributed by atoms with van der Waals surface area (Å²) in [5, 5.41) is 0. The maximum Gasteiger partial charge on any atom is 0.122 e. The summed E-state index contributed by atoms with van der Waals surface area (Å²) in [5.74, 6) is 0.955. The topological polar surface area (TPSA) is 44.5 Å². The normalized spacial score (nSPS) is 19.5. The third-order valence-corrected chi connectivity index (χ3v) is 3.08. The Labute approximate surface area is 103 Å². The third kappa shape index (κ3) is 3.45. The van der Waals surface area contributed by atoms with Gasteiger partial charge in [0.2, 0.25) is 0 Å². The molecule has 0 spiro atoms. The van der Waals surface area contributed by atoms with Crippen LogP contribution in [0.2, 0.25) is 0 Å². The van der Waals surface area contributed by atoms with Gasteiger partial charge in [-0.2, -0.15) is 0 Å². The molecule has 1 aromatic rings. The van der Waals surface area contributed by atoms with Gasteiger partial charge in [0, 0.05) is 6.61 Å². The number of ether oxygens (including phenoxy) is 2. The standard InChI is InChI=1S/C14H21NO2/c1-11-4-5-14(12(9-11)6-7-15)17-10-13-3-2-8-16-13/h4-5,9,13H,2-3,6-8,10,15H2,1H3. The maximum absolute atomic E-state index is 5.85. The molecule has 94 valence electrons. The van der Waals surface area contributed by atoms with E-state index in [4.69, 9.17) is 15.2 Å². The second-order valence-corrected chi connectivity index (χ2v) is 4.60. The van der Waals surface area contributed by atoms with Crippen LogP contribution >= 0.6 is 0 Å². The highest BCUT2D eigenvalue weighted by molar-refractivity contribution is 5.37. The molecule has 17 heavy (non-hydrogen) atoms. The summed E-state index contributed by atoms with van der Waals surface area (Å²) in [5.41, 5.74) is 8.07. The molecule has 1 unspecified atom stereocenters. The van der Waals surface area contributed by atoms with Crippen molar-refractivity contribution in [2.45, 2.75) is 32.3 Å². The second-order valence-electron chi connectivity index (χ2n) is 4.60. The van der Waals surface area contributed by atoms with Crippen LogP contribution in [0.5, 0.6) is 5.75 Å². The van der Waals surface area contributed by atoms with Crippen molar-refractivity contribution < 1.29 is 9.47 Å². The van der Waals surface area contributed by atoms with Crippen molar-refractivity contribution in [3.05, 3.63) is 29.3 Å². The Morgan fingerprint density at radius 2 is 2.35 bits per heavy atom. The van der Waals surface area contributed by atoms with E-state index in [1.165, 1.54) is 11.1 Å². The zero-order chi connectivity index (χ0) is 12.1. The Balaban J connectivity index is 1.98. The predicted octanol–water partition coefficient (Wildman–Crippen LogP) is 2.05. The van der Waals surface area contributed by atoms with Crippen LogP contribution in [0, 0.1) is 6.92 Å². The fourth-order valence-corrected chi connectivity index (χ4v) is 2.16. The molecule has 0 aliphatic carbocycles. The number of hydrogen-bond donors (Lipinski definition) is 1. The average molecular weight is 235 g/mol. The van der Waals surface area contributed by atoms with Crippen LogP contribution in [0.3, 0.4) is 0 Å². The fraction of sp³-hybridized carbons (Fsp3) is 0.571. The molecule has 2 rings (SSSR count). The molecule has 1 aliphatic heterocycles. The van der Waals surface area contributed by atoms with Gasteiger partial charge in [-0.15, -0.1) is 0 Å². The van der Waals surface area contributed by atoms with Crippen LogP contribution < -0.4 is 10.5 Å². The summed E-state index contributed by atoms with van der Waals surface area (Å²) in [7, 11) is 0. The van der Waals surface area contributed by atoms with Crippen molar-refractivity contribution in [2.75, 3.05) is 19.8 Å². The first-order valence-electron chi connectivity index (χ1n) is 6.33. The molecular formula is C14H21NO2. The largest absolute Gasteiger partial charge is 0.491 e. The van der Waals surface area contributed by atoms with E-state index in [1.807, 2.05) is 6.07 Å². The molecule has 0 radical (unpaired) electrons. The molecule has 0 bridgehead atoms. The van der Waals surface area contributed by atoms with E-state index >= 15 is 0 Å². The Morgan fingerprint density at radius 1 is 1.47 bits per heavy atom. The van der Waals surface area contributed by atoms with Gasteiger partial charge in [0.05, 0.1) is 6.10 Å². The Bertz CT molecular complexity index is 359. The molecule has 1 atom stereocenters. The van der Waals surface area contributed by atoms with Crippen LogP contribution in [-0.2, 0) is 11.2 Å². The molecule has 1 aromatic carbocycles. The minimum atomic E-state index is 0.266. The zero-order valence-electron chi connectivity index (χ0n) is 10.4. The van der Waals surface area contributed by atoms with Gasteiger partial charge in [0.1, 0.15) is 12.4 Å². The molecule has 0 saturated carbocycles. The monoisotopic (exact) mass is 235 g/mol. The summed E-state index contributed by atoms with van der Waals surface area (Å²) in [6.45, 7) is 4.27. The van der Waals surface area contributed by atoms with Crippen LogP contribution in [0.15, 0.2) is 18.2 Å². The molecular weight excluding hydrogens is 214 g/mol. The molecule has 1 fully saturated rings. The van der Waals surface area contributed by atoms with Gasteiger partial charge in [-0.05, 0) is 44.4 Å². The van der Waals surface area contributed by atoms with Crippen molar-refractivity contribution in [1.82, 2.24) is 0 Å². The van der Waals surface area contributed by atoms with Crippen molar-refractivity contribution in [2.24, 2.45) is 5.73 Å². The van der Waals surface area contributed by atoms with Gasteiger partial charge < -0.3 is 15.2 Å². The molecule has 1 aliphatic rings. The van der Waals surface area contributed by atoms with Crippen molar-refractivity contribution in [3.63, 3.8) is 0 Å². The summed E-state index contributed by atoms with van der Waals surface area (Å²) < 4.78 is 11.4. The maximum atomic E-state index is 5.85. The first-order chi connectivity index (χ1) is 8.29. The molecule has 3 heteroatoms. The smallest absolute Gasteiger partial charge is 0.122 e. The highest BCUT2D eigenvalue weighted by Crippen LogP contribution is 2.22. The van der Waals surface area contributed by atoms with E-state index in [2.05, 4.69) is 19.1 Å². The highest BCUT2D eigenvalue weighted by atomic mass is 16.5. The molecule has 0 amide bonds. The second kappa shape index (κ2) is 6.03. The lowest BCUT2D eigenvalue weighted by molar-refractivity contribution is 0.0676. The van der Waals surface area contributed by atoms with Crippen LogP contribution in [-0.4, -0.2) is 25.9 Å². The average Bonchev–Trinajstić information content (AvgIpc) is 2.81. The molecule has 1 saturated heterocycles. The fourth-order valence-electron chi connectivity index (χ4n) is 2.16. The summed E-state index contributed by atoms with van der Waals surface area (Å²) in [6, 6.07) is 6.26. The summed E-state index contributed by atoms with van der Waals surface area (Å²) >= 11 is 0. The van der Waals surface area contributed by atoms with E-state index in [0.717, 1.165) is 31.6 Å². The van der Waals surface area contributed by atoms with E-state index < -0.39 is 0 Å². The lowest BCUT2D eigenvalue weighted by Gasteiger charge is -2.15. The zero-order valence-corrected chi connectivity index (χ0v) is 10.4. The van der Waals surface area contributed by atoms with Crippen LogP contribution in [0.25, 0.3) is 0 Å². The van der Waals surface area contributed by atoms with Gasteiger partial charge in [-0.3, -0.25) is 0 Å². The van der Waals surface area contributed by atoms with Crippen molar-refractivity contribution in [1.29, 1.82) is 0 Å². The van der Waals surface area contributed by atoms with Gasteiger partial charge in [-0.1, -0.05) is 17.7 Å². The van der Waals surface area contributed by atoms with Gasteiger partial charge in [-0.25, -0.2) is 0 Å². The minimum Gasteiger partial charge on any atom is -0.491 e. The van der Waals surface area contributed by atoms with Crippen LogP contribution in [0.1, 0.15) is 24.0 Å². The summed E-state index contributed by atoms with van der Waals surface area (Å²) in [4.78, 5) is 0. The number of aryl methyl sites for hydroxylation is 1. The Kier molecular flexibility index (Phi) is 4.40. The SMILES string of the molecule is Cc1ccc(OCC2CCCO2)c(CCN)c1. The van der Waals surface area contributed by atoms with Gasteiger partial charge in [0.15, 0.2) is 0 Å². The van der Waals surface area contributed by atoms with Crippen LogP contribution in [0.4, 0.5) is 0 Å². The number of rotatable bonds is 5. The lowest BCUT2D eigenvalue weighted by Crippen LogP contribution is -2.17. The molecule has 3 nitrogen and oxygen atoms in total. The Hall–Kier alpha value is -1.06. The number of nitrogens with two attached hydrogens (primary N) is 1. The van der Waals surface area contributed by atoms with E-state index in [1.54, 1.807) is 0 Å². The first-order valence-corrected chi connectivity index (χ1v) is 6.33. The summed E-state index contributed by atoms with van der Waals surface area (Å²) in [6.07, 6.45) is 3.39. The van der Waals surface area contributed by atoms with Gasteiger partial charge >= 0.3 is 0 Å². The first kappa shape index (κ1) is 12.4. The molecule has 1 heterocycles. The molecule has 2 N–H and O–H groups in total. The quantitative estimate of drug-likeness (QED) is 0.849. The lowest BCUT2D eigenvalue weighted by atomic mass is 10.1. The highest BCUT2D eigenvalue weighted by Gasteiger charge is 2.16. The van der Waals surface area contributed by atoms with Crippen molar-refractivity contribution in [3.8, 4) is 5.75 Å². The van der Waals surface area contributed by atoms with Crippen molar-refractivity contribution >= 4 is 0 Å². The third-order valence-electron chi connectivity index (χ3n) is 3.08. The van der Waals surface area contributed by atoms with Gasteiger partial charge in [0.25, 0.3) is 0 Å². The molecule has 0 aromatic heterocycles. The van der Waals surface area contributed by atoms with E-state index in [9.17, 15) is 0 Å². The number of hydrogen-bond acceptors (Lipinski definition) is 3.